The SMILES string of the molecule is CC1(C)CC(=O)c2cc(F)cc(F)c2O1. The number of carbonyl (C=O) groups is 1. The minimum atomic E-state index is -0.828. The Labute approximate surface area is 85.9 Å². The van der Waals surface area contributed by atoms with Crippen LogP contribution in [0.15, 0.2) is 12.1 Å². The van der Waals surface area contributed by atoms with Gasteiger partial charge in [0.15, 0.2) is 17.3 Å². The summed E-state index contributed by atoms with van der Waals surface area (Å²) in [7, 11) is 0. The highest BCUT2D eigenvalue weighted by atomic mass is 19.1. The second kappa shape index (κ2) is 3.02. The van der Waals surface area contributed by atoms with Crippen molar-refractivity contribution >= 4 is 5.78 Å². The number of benzene rings is 1. The molecule has 15 heavy (non-hydrogen) atoms. The summed E-state index contributed by atoms with van der Waals surface area (Å²) in [5.41, 5.74) is -0.741. The molecule has 2 nitrogen and oxygen atoms in total. The van der Waals surface area contributed by atoms with Gasteiger partial charge in [0.1, 0.15) is 11.4 Å². The van der Waals surface area contributed by atoms with Crippen LogP contribution >= 0.6 is 0 Å². The molecule has 0 spiro atoms. The van der Waals surface area contributed by atoms with Crippen LogP contribution in [-0.2, 0) is 0 Å². The van der Waals surface area contributed by atoms with Crippen LogP contribution in [0.2, 0.25) is 0 Å². The molecular formula is C11H10F2O2. The molecule has 1 aromatic carbocycles. The van der Waals surface area contributed by atoms with Gasteiger partial charge in [-0.25, -0.2) is 8.78 Å². The first-order chi connectivity index (χ1) is 6.89. The fourth-order valence-corrected chi connectivity index (χ4v) is 1.67. The van der Waals surface area contributed by atoms with Crippen molar-refractivity contribution in [1.29, 1.82) is 0 Å². The first kappa shape index (κ1) is 10.1. The van der Waals surface area contributed by atoms with Gasteiger partial charge in [0.25, 0.3) is 0 Å². The van der Waals surface area contributed by atoms with Gasteiger partial charge in [-0.1, -0.05) is 0 Å². The Morgan fingerprint density at radius 1 is 1.33 bits per heavy atom. The molecule has 1 aliphatic rings. The summed E-state index contributed by atoms with van der Waals surface area (Å²) in [6.45, 7) is 3.38. The Morgan fingerprint density at radius 3 is 2.67 bits per heavy atom. The van der Waals surface area contributed by atoms with Gasteiger partial charge in [0.05, 0.1) is 12.0 Å². The summed E-state index contributed by atoms with van der Waals surface area (Å²) in [5.74, 6) is -2.02. The van der Waals surface area contributed by atoms with E-state index in [0.29, 0.717) is 6.07 Å². The van der Waals surface area contributed by atoms with E-state index >= 15 is 0 Å². The molecule has 0 aromatic heterocycles. The average molecular weight is 212 g/mol. The molecule has 2 rings (SSSR count). The second-order valence-electron chi connectivity index (χ2n) is 4.23. The molecule has 0 bridgehead atoms. The lowest BCUT2D eigenvalue weighted by atomic mass is 9.93. The molecule has 0 amide bonds. The normalized spacial score (nSPS) is 18.3. The Hall–Kier alpha value is -1.45. The van der Waals surface area contributed by atoms with Crippen LogP contribution in [0.3, 0.4) is 0 Å². The van der Waals surface area contributed by atoms with Gasteiger partial charge in [-0.3, -0.25) is 4.79 Å². The Bertz CT molecular complexity index is 438. The molecular weight excluding hydrogens is 202 g/mol. The Morgan fingerprint density at radius 2 is 2.00 bits per heavy atom. The van der Waals surface area contributed by atoms with E-state index in [4.69, 9.17) is 4.74 Å². The quantitative estimate of drug-likeness (QED) is 0.660. The lowest BCUT2D eigenvalue weighted by Crippen LogP contribution is -2.36. The summed E-state index contributed by atoms with van der Waals surface area (Å²) in [5, 5.41) is 0. The topological polar surface area (TPSA) is 26.3 Å². The van der Waals surface area contributed by atoms with E-state index in [1.54, 1.807) is 13.8 Å². The zero-order valence-corrected chi connectivity index (χ0v) is 8.43. The standard InChI is InChI=1S/C11H10F2O2/c1-11(2)5-9(14)7-3-6(12)4-8(13)10(7)15-11/h3-4H,5H2,1-2H3. The number of hydrogen-bond acceptors (Lipinski definition) is 2. The first-order valence-electron chi connectivity index (χ1n) is 4.60. The van der Waals surface area contributed by atoms with Crippen molar-refractivity contribution in [3.8, 4) is 5.75 Å². The third kappa shape index (κ3) is 1.71. The van der Waals surface area contributed by atoms with Crippen molar-refractivity contribution in [2.75, 3.05) is 0 Å². The number of halogens is 2. The molecule has 0 radical (unpaired) electrons. The summed E-state index contributed by atoms with van der Waals surface area (Å²) < 4.78 is 31.5. The van der Waals surface area contributed by atoms with Gasteiger partial charge in [0.2, 0.25) is 0 Å². The van der Waals surface area contributed by atoms with Gasteiger partial charge in [-0.2, -0.15) is 0 Å². The minimum absolute atomic E-state index is 0.00757. The number of ether oxygens (including phenoxy) is 1. The third-order valence-electron chi connectivity index (χ3n) is 2.27. The van der Waals surface area contributed by atoms with Gasteiger partial charge in [-0.05, 0) is 19.9 Å². The Balaban J connectivity index is 2.60. The van der Waals surface area contributed by atoms with Crippen molar-refractivity contribution in [2.45, 2.75) is 25.9 Å². The van der Waals surface area contributed by atoms with Crippen molar-refractivity contribution < 1.29 is 18.3 Å². The first-order valence-corrected chi connectivity index (χ1v) is 4.60. The summed E-state index contributed by atoms with van der Waals surface area (Å²) >= 11 is 0. The summed E-state index contributed by atoms with van der Waals surface area (Å²) in [6, 6.07) is 1.73. The smallest absolute Gasteiger partial charge is 0.170 e. The third-order valence-corrected chi connectivity index (χ3v) is 2.27. The molecule has 80 valence electrons. The maximum atomic E-state index is 13.3. The van der Waals surface area contributed by atoms with Crippen molar-refractivity contribution in [3.05, 3.63) is 29.3 Å². The van der Waals surface area contributed by atoms with Crippen LogP contribution in [-0.4, -0.2) is 11.4 Å². The maximum Gasteiger partial charge on any atom is 0.170 e. The van der Waals surface area contributed by atoms with E-state index in [9.17, 15) is 13.6 Å². The molecule has 0 saturated heterocycles. The molecule has 1 aromatic rings. The van der Waals surface area contributed by atoms with E-state index in [2.05, 4.69) is 0 Å². The predicted molar refractivity (Wildman–Crippen MR) is 50.0 cm³/mol. The van der Waals surface area contributed by atoms with E-state index in [1.165, 1.54) is 0 Å². The van der Waals surface area contributed by atoms with Crippen LogP contribution in [0.5, 0.6) is 5.75 Å². The van der Waals surface area contributed by atoms with E-state index in [-0.39, 0.29) is 23.5 Å². The summed E-state index contributed by atoms with van der Waals surface area (Å²) in [4.78, 5) is 11.6. The van der Waals surface area contributed by atoms with E-state index in [0.717, 1.165) is 6.07 Å². The van der Waals surface area contributed by atoms with Crippen molar-refractivity contribution in [2.24, 2.45) is 0 Å². The minimum Gasteiger partial charge on any atom is -0.484 e. The highest BCUT2D eigenvalue weighted by Crippen LogP contribution is 2.35. The van der Waals surface area contributed by atoms with Gasteiger partial charge >= 0.3 is 0 Å². The van der Waals surface area contributed by atoms with Gasteiger partial charge in [-0.15, -0.1) is 0 Å². The van der Waals surface area contributed by atoms with Crippen LogP contribution in [0.1, 0.15) is 30.6 Å². The molecule has 4 heteroatoms. The molecule has 0 saturated carbocycles. The van der Waals surface area contributed by atoms with Gasteiger partial charge in [0, 0.05) is 6.07 Å². The number of fused-ring (bicyclic) bond motifs is 1. The van der Waals surface area contributed by atoms with Gasteiger partial charge < -0.3 is 4.74 Å². The highest BCUT2D eigenvalue weighted by Gasteiger charge is 2.34. The van der Waals surface area contributed by atoms with E-state index in [1.807, 2.05) is 0 Å². The monoisotopic (exact) mass is 212 g/mol. The predicted octanol–water partition coefficient (Wildman–Crippen LogP) is 2.71. The molecule has 1 heterocycles. The lowest BCUT2D eigenvalue weighted by molar-refractivity contribution is 0.0591. The molecule has 0 unspecified atom stereocenters. The number of ketones is 1. The summed E-state index contributed by atoms with van der Waals surface area (Å²) in [6.07, 6.45) is 0.128. The number of Topliss-reactive ketones (excluding diaryl/α,β-unsaturated/α-hetero) is 1. The average Bonchev–Trinajstić information content (AvgIpc) is 2.06. The van der Waals surface area contributed by atoms with E-state index < -0.39 is 17.2 Å². The molecule has 0 atom stereocenters. The fourth-order valence-electron chi connectivity index (χ4n) is 1.67. The largest absolute Gasteiger partial charge is 0.484 e. The zero-order valence-electron chi connectivity index (χ0n) is 8.43. The highest BCUT2D eigenvalue weighted by molar-refractivity contribution is 6.00. The molecule has 0 N–H and O–H groups in total. The molecule has 1 aliphatic heterocycles. The van der Waals surface area contributed by atoms with Crippen LogP contribution in [0.25, 0.3) is 0 Å². The van der Waals surface area contributed by atoms with Crippen molar-refractivity contribution in [3.63, 3.8) is 0 Å². The van der Waals surface area contributed by atoms with Crippen molar-refractivity contribution in [1.82, 2.24) is 0 Å². The Kier molecular flexibility index (Phi) is 2.03. The molecule has 0 aliphatic carbocycles. The fraction of sp³-hybridized carbons (Fsp3) is 0.364. The maximum absolute atomic E-state index is 13.3. The van der Waals surface area contributed by atoms with Crippen LogP contribution in [0.4, 0.5) is 8.78 Å². The number of carbonyl (C=O) groups excluding carboxylic acids is 1. The molecule has 0 fully saturated rings. The van der Waals surface area contributed by atoms with Crippen LogP contribution < -0.4 is 4.74 Å². The number of rotatable bonds is 0. The van der Waals surface area contributed by atoms with Crippen LogP contribution in [0, 0.1) is 11.6 Å². The zero-order chi connectivity index (χ0) is 11.2. The number of hydrogen-bond donors (Lipinski definition) is 0. The lowest BCUT2D eigenvalue weighted by Gasteiger charge is -2.31. The second-order valence-corrected chi connectivity index (χ2v) is 4.23.